The summed E-state index contributed by atoms with van der Waals surface area (Å²) in [4.78, 5) is 24.0. The normalized spacial score (nSPS) is 10.6. The van der Waals surface area contributed by atoms with Crippen LogP contribution in [0.5, 0.6) is 5.75 Å². The zero-order chi connectivity index (χ0) is 19.6. The number of esters is 1. The second-order valence-corrected chi connectivity index (χ2v) is 5.62. The molecule has 0 saturated heterocycles. The van der Waals surface area contributed by atoms with E-state index in [1.165, 1.54) is 6.08 Å². The van der Waals surface area contributed by atoms with E-state index in [-0.39, 0.29) is 5.57 Å². The number of carbonyl (C=O) groups excluding carboxylic acids is 2. The quantitative estimate of drug-likeness (QED) is 0.462. The Morgan fingerprint density at radius 3 is 2.56 bits per heavy atom. The molecule has 138 valence electrons. The Morgan fingerprint density at radius 1 is 1.19 bits per heavy atom. The number of hydrogen-bond acceptors (Lipinski definition) is 5. The fourth-order valence-corrected chi connectivity index (χ4v) is 2.28. The number of amides is 1. The van der Waals surface area contributed by atoms with E-state index in [2.05, 4.69) is 5.32 Å². The zero-order valence-corrected chi connectivity index (χ0v) is 15.2. The number of nitrogens with one attached hydrogen (secondary N) is 1. The van der Waals surface area contributed by atoms with Crippen LogP contribution in [0.2, 0.25) is 0 Å². The smallest absolute Gasteiger partial charge is 0.349 e. The van der Waals surface area contributed by atoms with E-state index in [4.69, 9.17) is 9.47 Å². The standard InChI is InChI=1S/C21H20N2O4/c1-3-15-5-4-6-18(12-15)23-20(24)14-27-21(25)17(13-22)11-16-7-9-19(26-2)10-8-16/h4-12H,3,14H2,1-2H3,(H,23,24)/b17-11+. The van der Waals surface area contributed by atoms with Gasteiger partial charge in [-0.25, -0.2) is 4.79 Å². The Hall–Kier alpha value is -3.59. The Balaban J connectivity index is 1.94. The largest absolute Gasteiger partial charge is 0.497 e. The van der Waals surface area contributed by atoms with Crippen LogP contribution >= 0.6 is 0 Å². The van der Waals surface area contributed by atoms with Crippen LogP contribution in [0, 0.1) is 11.3 Å². The van der Waals surface area contributed by atoms with E-state index < -0.39 is 18.5 Å². The van der Waals surface area contributed by atoms with Crippen molar-refractivity contribution >= 4 is 23.6 Å². The minimum absolute atomic E-state index is 0.194. The maximum Gasteiger partial charge on any atom is 0.349 e. The number of nitrogens with zero attached hydrogens (tertiary/aromatic N) is 1. The number of anilines is 1. The number of nitriles is 1. The highest BCUT2D eigenvalue weighted by Gasteiger charge is 2.13. The van der Waals surface area contributed by atoms with Crippen LogP contribution in [0.3, 0.4) is 0 Å². The first-order chi connectivity index (χ1) is 13.0. The maximum atomic E-state index is 12.0. The van der Waals surface area contributed by atoms with Gasteiger partial charge in [-0.1, -0.05) is 31.2 Å². The molecule has 0 unspecified atom stereocenters. The summed E-state index contributed by atoms with van der Waals surface area (Å²) in [5, 5.41) is 11.8. The number of methoxy groups -OCH3 is 1. The van der Waals surface area contributed by atoms with Crippen molar-refractivity contribution in [2.24, 2.45) is 0 Å². The summed E-state index contributed by atoms with van der Waals surface area (Å²) in [6, 6.07) is 16.0. The molecule has 0 spiro atoms. The van der Waals surface area contributed by atoms with Crippen LogP contribution in [0.15, 0.2) is 54.1 Å². The van der Waals surface area contributed by atoms with Crippen molar-refractivity contribution in [2.45, 2.75) is 13.3 Å². The van der Waals surface area contributed by atoms with E-state index in [9.17, 15) is 14.9 Å². The third-order valence-corrected chi connectivity index (χ3v) is 3.72. The maximum absolute atomic E-state index is 12.0. The highest BCUT2D eigenvalue weighted by molar-refractivity contribution is 6.00. The molecule has 27 heavy (non-hydrogen) atoms. The molecule has 6 nitrogen and oxygen atoms in total. The predicted molar refractivity (Wildman–Crippen MR) is 102 cm³/mol. The van der Waals surface area contributed by atoms with Crippen LogP contribution in [0.25, 0.3) is 6.08 Å². The predicted octanol–water partition coefficient (Wildman–Crippen LogP) is 3.35. The van der Waals surface area contributed by atoms with Gasteiger partial charge in [-0.05, 0) is 47.9 Å². The van der Waals surface area contributed by atoms with Gasteiger partial charge in [0, 0.05) is 5.69 Å². The lowest BCUT2D eigenvalue weighted by Gasteiger charge is -2.07. The van der Waals surface area contributed by atoms with Crippen LogP contribution in [0.1, 0.15) is 18.1 Å². The minimum Gasteiger partial charge on any atom is -0.497 e. The van der Waals surface area contributed by atoms with Crippen molar-refractivity contribution in [3.05, 3.63) is 65.2 Å². The first-order valence-electron chi connectivity index (χ1n) is 8.37. The van der Waals surface area contributed by atoms with E-state index >= 15 is 0 Å². The van der Waals surface area contributed by atoms with Crippen molar-refractivity contribution in [1.29, 1.82) is 5.26 Å². The monoisotopic (exact) mass is 364 g/mol. The molecule has 0 heterocycles. The van der Waals surface area contributed by atoms with Crippen molar-refractivity contribution in [1.82, 2.24) is 0 Å². The lowest BCUT2D eigenvalue weighted by molar-refractivity contribution is -0.142. The number of carbonyl (C=O) groups is 2. The third-order valence-electron chi connectivity index (χ3n) is 3.72. The van der Waals surface area contributed by atoms with Gasteiger partial charge in [0.25, 0.3) is 5.91 Å². The Kier molecular flexibility index (Phi) is 7.15. The van der Waals surface area contributed by atoms with Gasteiger partial charge in [0.05, 0.1) is 7.11 Å². The first kappa shape index (κ1) is 19.7. The highest BCUT2D eigenvalue weighted by atomic mass is 16.5. The molecule has 1 N–H and O–H groups in total. The molecule has 2 aromatic carbocycles. The Morgan fingerprint density at radius 2 is 1.93 bits per heavy atom. The minimum atomic E-state index is -0.856. The number of aryl methyl sites for hydroxylation is 1. The van der Waals surface area contributed by atoms with Crippen molar-refractivity contribution in [3.63, 3.8) is 0 Å². The lowest BCUT2D eigenvalue weighted by atomic mass is 10.1. The number of rotatable bonds is 7. The van der Waals surface area contributed by atoms with Crippen molar-refractivity contribution < 1.29 is 19.1 Å². The second-order valence-electron chi connectivity index (χ2n) is 5.62. The fourth-order valence-electron chi connectivity index (χ4n) is 2.28. The van der Waals surface area contributed by atoms with Gasteiger partial charge >= 0.3 is 5.97 Å². The van der Waals surface area contributed by atoms with Gasteiger partial charge in [-0.2, -0.15) is 5.26 Å². The van der Waals surface area contributed by atoms with Crippen LogP contribution < -0.4 is 10.1 Å². The SMILES string of the molecule is CCc1cccc(NC(=O)COC(=O)/C(C#N)=C/c2ccc(OC)cc2)c1. The summed E-state index contributed by atoms with van der Waals surface area (Å²) in [7, 11) is 1.55. The average molecular weight is 364 g/mol. The number of hydrogen-bond donors (Lipinski definition) is 1. The highest BCUT2D eigenvalue weighted by Crippen LogP contribution is 2.15. The molecule has 0 bridgehead atoms. The van der Waals surface area contributed by atoms with Crippen molar-refractivity contribution in [2.75, 3.05) is 19.0 Å². The van der Waals surface area contributed by atoms with Gasteiger partial charge in [-0.3, -0.25) is 4.79 Å². The fraction of sp³-hybridized carbons (Fsp3) is 0.190. The summed E-state index contributed by atoms with van der Waals surface area (Å²) in [5.74, 6) is -0.666. The molecule has 2 aromatic rings. The summed E-state index contributed by atoms with van der Waals surface area (Å²) in [6.45, 7) is 1.54. The Bertz CT molecular complexity index is 880. The van der Waals surface area contributed by atoms with Crippen molar-refractivity contribution in [3.8, 4) is 11.8 Å². The van der Waals surface area contributed by atoms with E-state index in [1.54, 1.807) is 43.5 Å². The lowest BCUT2D eigenvalue weighted by Crippen LogP contribution is -2.21. The molecule has 6 heteroatoms. The molecule has 2 rings (SSSR count). The molecular formula is C21H20N2O4. The van der Waals surface area contributed by atoms with Gasteiger partial charge in [0.2, 0.25) is 0 Å². The Labute approximate surface area is 158 Å². The van der Waals surface area contributed by atoms with Gasteiger partial charge in [0.15, 0.2) is 6.61 Å². The van der Waals surface area contributed by atoms with E-state index in [0.29, 0.717) is 17.0 Å². The zero-order valence-electron chi connectivity index (χ0n) is 15.2. The number of benzene rings is 2. The second kappa shape index (κ2) is 9.78. The molecule has 0 fully saturated rings. The van der Waals surface area contributed by atoms with Gasteiger partial charge in [-0.15, -0.1) is 0 Å². The molecule has 0 aromatic heterocycles. The van der Waals surface area contributed by atoms with Gasteiger partial charge in [0.1, 0.15) is 17.4 Å². The first-order valence-corrected chi connectivity index (χ1v) is 8.37. The van der Waals surface area contributed by atoms with E-state index in [0.717, 1.165) is 12.0 Å². The number of ether oxygens (including phenoxy) is 2. The van der Waals surface area contributed by atoms with Crippen LogP contribution in [-0.2, 0) is 20.7 Å². The topological polar surface area (TPSA) is 88.4 Å². The molecule has 0 radical (unpaired) electrons. The summed E-state index contributed by atoms with van der Waals surface area (Å²) >= 11 is 0. The molecule has 0 aliphatic carbocycles. The summed E-state index contributed by atoms with van der Waals surface area (Å²) < 4.78 is 9.99. The summed E-state index contributed by atoms with van der Waals surface area (Å²) in [6.07, 6.45) is 2.24. The molecule has 1 amide bonds. The third kappa shape index (κ3) is 6.01. The molecule has 0 aliphatic heterocycles. The van der Waals surface area contributed by atoms with Crippen LogP contribution in [0.4, 0.5) is 5.69 Å². The van der Waals surface area contributed by atoms with E-state index in [1.807, 2.05) is 25.1 Å². The molecule has 0 atom stereocenters. The molecular weight excluding hydrogens is 344 g/mol. The van der Waals surface area contributed by atoms with Crippen LogP contribution in [-0.4, -0.2) is 25.6 Å². The molecule has 0 saturated carbocycles. The van der Waals surface area contributed by atoms with Gasteiger partial charge < -0.3 is 14.8 Å². The molecule has 0 aliphatic rings. The average Bonchev–Trinajstić information content (AvgIpc) is 2.70. The summed E-state index contributed by atoms with van der Waals surface area (Å²) in [5.41, 5.74) is 2.16.